The lowest BCUT2D eigenvalue weighted by atomic mass is 10.1. The molecule has 0 radical (unpaired) electrons. The van der Waals surface area contributed by atoms with Gasteiger partial charge in [0.15, 0.2) is 11.6 Å². The van der Waals surface area contributed by atoms with E-state index in [0.717, 1.165) is 6.07 Å². The van der Waals surface area contributed by atoms with Gasteiger partial charge in [-0.1, -0.05) is 0 Å². The second-order valence-electron chi connectivity index (χ2n) is 2.71. The van der Waals surface area contributed by atoms with Gasteiger partial charge in [-0.05, 0) is 6.07 Å². The number of nitrogens with zero attached hydrogens (tertiary/aromatic N) is 1. The number of hydrogen-bond donors (Lipinski definition) is 1. The summed E-state index contributed by atoms with van der Waals surface area (Å²) >= 11 is 0. The number of hydrogen-bond acceptors (Lipinski definition) is 1. The second kappa shape index (κ2) is 3.17. The third-order valence-electron chi connectivity index (χ3n) is 1.80. The Morgan fingerprint density at radius 2 is 1.71 bits per heavy atom. The Morgan fingerprint density at radius 1 is 1.00 bits per heavy atom. The Kier molecular flexibility index (Phi) is 1.99. The summed E-state index contributed by atoms with van der Waals surface area (Å²) in [5.74, 6) is -3.12. The molecule has 0 aliphatic rings. The second-order valence-corrected chi connectivity index (χ2v) is 2.71. The molecule has 0 saturated heterocycles. The molecule has 2 rings (SSSR count). The van der Waals surface area contributed by atoms with Gasteiger partial charge in [-0.3, -0.25) is 0 Å². The third-order valence-corrected chi connectivity index (χ3v) is 1.80. The van der Waals surface area contributed by atoms with Crippen LogP contribution in [-0.2, 0) is 0 Å². The van der Waals surface area contributed by atoms with Crippen LogP contribution in [-0.4, -0.2) is 9.97 Å². The molecule has 72 valence electrons. The number of benzene rings is 1. The minimum absolute atomic E-state index is 0.0404. The van der Waals surface area contributed by atoms with E-state index < -0.39 is 17.5 Å². The van der Waals surface area contributed by atoms with Crippen LogP contribution >= 0.6 is 0 Å². The summed E-state index contributed by atoms with van der Waals surface area (Å²) < 4.78 is 38.5. The van der Waals surface area contributed by atoms with Gasteiger partial charge in [0, 0.05) is 11.6 Å². The molecular weight excluding hydrogens is 193 g/mol. The van der Waals surface area contributed by atoms with Crippen molar-refractivity contribution >= 4 is 0 Å². The maximum atomic E-state index is 13.1. The smallest absolute Gasteiger partial charge is 0.161 e. The fourth-order valence-electron chi connectivity index (χ4n) is 1.13. The van der Waals surface area contributed by atoms with E-state index in [-0.39, 0.29) is 5.56 Å². The summed E-state index contributed by atoms with van der Waals surface area (Å²) in [5.41, 5.74) is 0.266. The number of H-pyrrole nitrogens is 1. The molecule has 0 saturated carbocycles. The van der Waals surface area contributed by atoms with Gasteiger partial charge in [0.25, 0.3) is 0 Å². The highest BCUT2D eigenvalue weighted by molar-refractivity contribution is 5.58. The van der Waals surface area contributed by atoms with Crippen molar-refractivity contribution in [3.63, 3.8) is 0 Å². The standard InChI is InChI=1S/C9H5F3N2/c10-6-2-8(12)7(11)1-5(6)9-3-13-4-14-9/h1-4H,(H,13,14). The molecule has 1 heterocycles. The van der Waals surface area contributed by atoms with E-state index in [2.05, 4.69) is 9.97 Å². The van der Waals surface area contributed by atoms with Crippen molar-refractivity contribution in [3.05, 3.63) is 42.1 Å². The molecule has 0 spiro atoms. The molecule has 0 bridgehead atoms. The van der Waals surface area contributed by atoms with Crippen LogP contribution < -0.4 is 0 Å². The summed E-state index contributed by atoms with van der Waals surface area (Å²) in [6, 6.07) is 1.30. The number of aromatic nitrogens is 2. The quantitative estimate of drug-likeness (QED) is 0.700. The van der Waals surface area contributed by atoms with Gasteiger partial charge in [0.1, 0.15) is 5.82 Å². The lowest BCUT2D eigenvalue weighted by Gasteiger charge is -2.00. The molecule has 0 atom stereocenters. The monoisotopic (exact) mass is 198 g/mol. The van der Waals surface area contributed by atoms with Gasteiger partial charge < -0.3 is 4.98 Å². The van der Waals surface area contributed by atoms with Gasteiger partial charge >= 0.3 is 0 Å². The van der Waals surface area contributed by atoms with Crippen molar-refractivity contribution < 1.29 is 13.2 Å². The minimum Gasteiger partial charge on any atom is -0.345 e. The van der Waals surface area contributed by atoms with E-state index in [1.165, 1.54) is 12.5 Å². The Bertz CT molecular complexity index is 451. The van der Waals surface area contributed by atoms with Crippen LogP contribution in [0, 0.1) is 17.5 Å². The van der Waals surface area contributed by atoms with E-state index in [9.17, 15) is 13.2 Å². The first-order chi connectivity index (χ1) is 6.68. The van der Waals surface area contributed by atoms with Crippen molar-refractivity contribution in [2.24, 2.45) is 0 Å². The first kappa shape index (κ1) is 8.80. The van der Waals surface area contributed by atoms with Crippen LogP contribution in [0.15, 0.2) is 24.7 Å². The zero-order chi connectivity index (χ0) is 10.1. The maximum Gasteiger partial charge on any atom is 0.161 e. The molecule has 0 aliphatic carbocycles. The van der Waals surface area contributed by atoms with Gasteiger partial charge in [0.2, 0.25) is 0 Å². The van der Waals surface area contributed by atoms with Crippen LogP contribution in [0.4, 0.5) is 13.2 Å². The Balaban J connectivity index is 2.60. The number of aromatic amines is 1. The summed E-state index contributed by atoms with van der Waals surface area (Å²) in [6.45, 7) is 0. The zero-order valence-electron chi connectivity index (χ0n) is 6.89. The summed E-state index contributed by atoms with van der Waals surface area (Å²) in [7, 11) is 0. The van der Waals surface area contributed by atoms with Crippen molar-refractivity contribution in [2.45, 2.75) is 0 Å². The first-order valence-corrected chi connectivity index (χ1v) is 3.82. The third kappa shape index (κ3) is 1.37. The van der Waals surface area contributed by atoms with Crippen molar-refractivity contribution in [3.8, 4) is 11.3 Å². The van der Waals surface area contributed by atoms with Crippen LogP contribution in [0.1, 0.15) is 0 Å². The lowest BCUT2D eigenvalue weighted by Crippen LogP contribution is -1.91. The number of halogens is 3. The lowest BCUT2D eigenvalue weighted by molar-refractivity contribution is 0.496. The normalized spacial score (nSPS) is 10.5. The Morgan fingerprint density at radius 3 is 2.36 bits per heavy atom. The molecule has 2 nitrogen and oxygen atoms in total. The average molecular weight is 198 g/mol. The molecule has 0 fully saturated rings. The molecule has 1 aromatic heterocycles. The van der Waals surface area contributed by atoms with Crippen LogP contribution in [0.25, 0.3) is 11.3 Å². The van der Waals surface area contributed by atoms with E-state index >= 15 is 0 Å². The zero-order valence-corrected chi connectivity index (χ0v) is 6.89. The Labute approximate surface area is 77.4 Å². The molecule has 2 aromatic rings. The first-order valence-electron chi connectivity index (χ1n) is 3.82. The summed E-state index contributed by atoms with van der Waals surface area (Å²) in [6.07, 6.45) is 2.66. The average Bonchev–Trinajstić information content (AvgIpc) is 2.64. The number of nitrogens with one attached hydrogen (secondary N) is 1. The molecule has 1 N–H and O–H groups in total. The summed E-state index contributed by atoms with van der Waals surface area (Å²) in [5, 5.41) is 0. The van der Waals surface area contributed by atoms with Crippen LogP contribution in [0.2, 0.25) is 0 Å². The SMILES string of the molecule is Fc1cc(F)c(-c2cnc[nH]2)cc1F. The minimum atomic E-state index is -1.20. The highest BCUT2D eigenvalue weighted by Crippen LogP contribution is 2.22. The highest BCUT2D eigenvalue weighted by atomic mass is 19.2. The van der Waals surface area contributed by atoms with E-state index in [1.54, 1.807) is 0 Å². The number of imidazole rings is 1. The van der Waals surface area contributed by atoms with Gasteiger partial charge in [0.05, 0.1) is 18.2 Å². The van der Waals surface area contributed by atoms with E-state index in [1.807, 2.05) is 0 Å². The van der Waals surface area contributed by atoms with Gasteiger partial charge in [-0.2, -0.15) is 0 Å². The largest absolute Gasteiger partial charge is 0.345 e. The van der Waals surface area contributed by atoms with E-state index in [0.29, 0.717) is 11.8 Å². The van der Waals surface area contributed by atoms with Crippen LogP contribution in [0.5, 0.6) is 0 Å². The van der Waals surface area contributed by atoms with Crippen molar-refractivity contribution in [1.29, 1.82) is 0 Å². The predicted molar refractivity (Wildman–Crippen MR) is 43.9 cm³/mol. The van der Waals surface area contributed by atoms with Crippen molar-refractivity contribution in [1.82, 2.24) is 9.97 Å². The molecule has 5 heteroatoms. The van der Waals surface area contributed by atoms with Crippen LogP contribution in [0.3, 0.4) is 0 Å². The molecular formula is C9H5F3N2. The molecule has 0 unspecified atom stereocenters. The predicted octanol–water partition coefficient (Wildman–Crippen LogP) is 2.49. The highest BCUT2D eigenvalue weighted by Gasteiger charge is 2.11. The van der Waals surface area contributed by atoms with Gasteiger partial charge in [-0.15, -0.1) is 0 Å². The molecule has 0 amide bonds. The van der Waals surface area contributed by atoms with Crippen molar-refractivity contribution in [2.75, 3.05) is 0 Å². The van der Waals surface area contributed by atoms with E-state index in [4.69, 9.17) is 0 Å². The fourth-order valence-corrected chi connectivity index (χ4v) is 1.13. The summed E-state index contributed by atoms with van der Waals surface area (Å²) in [4.78, 5) is 6.25. The fraction of sp³-hybridized carbons (Fsp3) is 0. The molecule has 0 aliphatic heterocycles. The Hall–Kier alpha value is -1.78. The number of rotatable bonds is 1. The maximum absolute atomic E-state index is 13.1. The topological polar surface area (TPSA) is 28.7 Å². The van der Waals surface area contributed by atoms with Gasteiger partial charge in [-0.25, -0.2) is 18.2 Å². The molecule has 14 heavy (non-hydrogen) atoms. The molecule has 1 aromatic carbocycles.